The number of nitrogens with one attached hydrogen (secondary N) is 1. The molecule has 6 heteroatoms. The van der Waals surface area contributed by atoms with E-state index in [0.29, 0.717) is 23.7 Å². The molecule has 0 amide bonds. The van der Waals surface area contributed by atoms with E-state index in [-0.39, 0.29) is 24.1 Å². The van der Waals surface area contributed by atoms with Crippen molar-refractivity contribution < 1.29 is 14.6 Å². The molecule has 0 bridgehead atoms. The normalized spacial score (nSPS) is 23.9. The summed E-state index contributed by atoms with van der Waals surface area (Å²) in [5, 5.41) is 21.5. The maximum absolute atomic E-state index is 12.3. The number of aliphatic hydroxyl groups is 1. The van der Waals surface area contributed by atoms with Crippen molar-refractivity contribution in [2.45, 2.75) is 6.10 Å². The van der Waals surface area contributed by atoms with Gasteiger partial charge in [0.1, 0.15) is 17.7 Å². The summed E-state index contributed by atoms with van der Waals surface area (Å²) < 4.78 is 5.55. The van der Waals surface area contributed by atoms with Gasteiger partial charge in [0.25, 0.3) is 0 Å². The molecule has 0 saturated carbocycles. The molecule has 0 aromatic heterocycles. The first kappa shape index (κ1) is 14.2. The Bertz CT molecular complexity index is 730. The van der Waals surface area contributed by atoms with Crippen molar-refractivity contribution in [1.29, 1.82) is 5.26 Å². The third kappa shape index (κ3) is 2.32. The van der Waals surface area contributed by atoms with Gasteiger partial charge in [0, 0.05) is 18.3 Å². The standard InChI is InChI=1S/C16H15N3O3/c1-19-8-11(9-20)22-16(19)10(7-17)6-14-15(21)12-4-2-3-5-13(12)18-14/h2-6,11,18,20H,8-9H2,1H3/b14-6+,16-10+/t11-/m0/s1. The Morgan fingerprint density at radius 2 is 2.36 bits per heavy atom. The number of ketones is 1. The van der Waals surface area contributed by atoms with Crippen molar-refractivity contribution in [1.82, 2.24) is 4.90 Å². The molecule has 0 aliphatic carbocycles. The summed E-state index contributed by atoms with van der Waals surface area (Å²) >= 11 is 0. The van der Waals surface area contributed by atoms with Crippen molar-refractivity contribution in [3.8, 4) is 6.07 Å². The lowest BCUT2D eigenvalue weighted by Gasteiger charge is -2.10. The van der Waals surface area contributed by atoms with Crippen LogP contribution >= 0.6 is 0 Å². The summed E-state index contributed by atoms with van der Waals surface area (Å²) in [5.41, 5.74) is 1.91. The first-order valence-corrected chi connectivity index (χ1v) is 6.89. The molecule has 1 fully saturated rings. The number of para-hydroxylation sites is 1. The molecule has 112 valence electrons. The molecule has 6 nitrogen and oxygen atoms in total. The maximum atomic E-state index is 12.3. The number of hydrogen-bond donors (Lipinski definition) is 2. The summed E-state index contributed by atoms with van der Waals surface area (Å²) in [5.74, 6) is 0.225. The molecule has 0 radical (unpaired) electrons. The molecule has 1 aromatic rings. The number of allylic oxidation sites excluding steroid dienone is 3. The molecule has 1 saturated heterocycles. The summed E-state index contributed by atoms with van der Waals surface area (Å²) in [6.07, 6.45) is 1.14. The molecule has 0 spiro atoms. The predicted molar refractivity (Wildman–Crippen MR) is 79.7 cm³/mol. The fourth-order valence-corrected chi connectivity index (χ4v) is 2.56. The lowest BCUT2D eigenvalue weighted by molar-refractivity contribution is 0.0963. The van der Waals surface area contributed by atoms with E-state index in [4.69, 9.17) is 9.84 Å². The molecule has 2 N–H and O–H groups in total. The van der Waals surface area contributed by atoms with E-state index in [1.807, 2.05) is 12.1 Å². The Morgan fingerprint density at radius 3 is 3.00 bits per heavy atom. The molecule has 1 atom stereocenters. The van der Waals surface area contributed by atoms with Crippen molar-refractivity contribution >= 4 is 11.5 Å². The van der Waals surface area contributed by atoms with E-state index in [1.54, 1.807) is 24.1 Å². The number of Topliss-reactive ketones (excluding diaryl/α,β-unsaturated/α-hetero) is 1. The van der Waals surface area contributed by atoms with E-state index in [1.165, 1.54) is 6.08 Å². The number of carbonyl (C=O) groups excluding carboxylic acids is 1. The molecule has 1 aromatic carbocycles. The zero-order valence-corrected chi connectivity index (χ0v) is 12.0. The molecular weight excluding hydrogens is 282 g/mol. The van der Waals surface area contributed by atoms with E-state index >= 15 is 0 Å². The predicted octanol–water partition coefficient (Wildman–Crippen LogP) is 1.24. The number of carbonyl (C=O) groups is 1. The van der Waals surface area contributed by atoms with Crippen LogP contribution in [-0.2, 0) is 4.74 Å². The molecule has 2 heterocycles. The SMILES string of the molecule is CN1C[C@@H](CO)O/C1=C(C#N)\C=C1\Nc2ccccc2C1=O. The zero-order chi connectivity index (χ0) is 15.7. The van der Waals surface area contributed by atoms with Crippen LogP contribution in [0.15, 0.2) is 47.5 Å². The number of nitriles is 1. The second-order valence-electron chi connectivity index (χ2n) is 5.19. The Labute approximate surface area is 127 Å². The number of aliphatic hydroxyl groups excluding tert-OH is 1. The molecule has 2 aliphatic heterocycles. The van der Waals surface area contributed by atoms with Crippen LogP contribution in [0.1, 0.15) is 10.4 Å². The number of nitrogens with zero attached hydrogens (tertiary/aromatic N) is 2. The highest BCUT2D eigenvalue weighted by atomic mass is 16.5. The summed E-state index contributed by atoms with van der Waals surface area (Å²) in [4.78, 5) is 14.1. The van der Waals surface area contributed by atoms with Crippen molar-refractivity contribution in [3.05, 3.63) is 53.1 Å². The monoisotopic (exact) mass is 297 g/mol. The minimum atomic E-state index is -0.355. The van der Waals surface area contributed by atoms with Crippen LogP contribution in [-0.4, -0.2) is 42.1 Å². The number of likely N-dealkylation sites (N-methyl/N-ethyl adjacent to an activating group) is 1. The topological polar surface area (TPSA) is 85.6 Å². The van der Waals surface area contributed by atoms with Gasteiger partial charge in [0.2, 0.25) is 11.7 Å². The fourth-order valence-electron chi connectivity index (χ4n) is 2.56. The van der Waals surface area contributed by atoms with Crippen molar-refractivity contribution in [2.24, 2.45) is 0 Å². The van der Waals surface area contributed by atoms with Gasteiger partial charge in [0.05, 0.1) is 18.8 Å². The van der Waals surface area contributed by atoms with Gasteiger partial charge in [-0.25, -0.2) is 0 Å². The number of fused-ring (bicyclic) bond motifs is 1. The molecule has 2 aliphatic rings. The molecule has 0 unspecified atom stereocenters. The summed E-state index contributed by atoms with van der Waals surface area (Å²) in [7, 11) is 1.78. The van der Waals surface area contributed by atoms with Crippen LogP contribution in [0.25, 0.3) is 0 Å². The number of anilines is 1. The highest BCUT2D eigenvalue weighted by molar-refractivity contribution is 6.18. The molecule has 22 heavy (non-hydrogen) atoms. The first-order valence-electron chi connectivity index (χ1n) is 6.89. The zero-order valence-electron chi connectivity index (χ0n) is 12.0. The van der Waals surface area contributed by atoms with Gasteiger partial charge in [-0.3, -0.25) is 4.79 Å². The van der Waals surface area contributed by atoms with Gasteiger partial charge >= 0.3 is 0 Å². The Hall–Kier alpha value is -2.78. The van der Waals surface area contributed by atoms with Crippen LogP contribution in [0.5, 0.6) is 0 Å². The third-order valence-corrected chi connectivity index (χ3v) is 3.63. The Balaban J connectivity index is 1.95. The Morgan fingerprint density at radius 1 is 1.59 bits per heavy atom. The lowest BCUT2D eigenvalue weighted by Crippen LogP contribution is -2.19. The third-order valence-electron chi connectivity index (χ3n) is 3.63. The molecular formula is C16H15N3O3. The van der Waals surface area contributed by atoms with Crippen molar-refractivity contribution in [3.63, 3.8) is 0 Å². The second-order valence-corrected chi connectivity index (χ2v) is 5.19. The van der Waals surface area contributed by atoms with Crippen LogP contribution in [0, 0.1) is 11.3 Å². The van der Waals surface area contributed by atoms with E-state index in [9.17, 15) is 10.1 Å². The average Bonchev–Trinajstić information content (AvgIpc) is 3.06. The second kappa shape index (κ2) is 5.54. The first-order chi connectivity index (χ1) is 10.6. The van der Waals surface area contributed by atoms with Gasteiger partial charge in [-0.2, -0.15) is 5.26 Å². The summed E-state index contributed by atoms with van der Waals surface area (Å²) in [6.45, 7) is 0.382. The highest BCUT2D eigenvalue weighted by Gasteiger charge is 2.29. The minimum Gasteiger partial charge on any atom is -0.470 e. The van der Waals surface area contributed by atoms with Crippen molar-refractivity contribution in [2.75, 3.05) is 25.5 Å². The van der Waals surface area contributed by atoms with Crippen LogP contribution < -0.4 is 5.32 Å². The number of benzene rings is 1. The quantitative estimate of drug-likeness (QED) is 0.631. The van der Waals surface area contributed by atoms with Crippen LogP contribution in [0.4, 0.5) is 5.69 Å². The number of hydrogen-bond acceptors (Lipinski definition) is 6. The average molecular weight is 297 g/mol. The van der Waals surface area contributed by atoms with Gasteiger partial charge in [0.15, 0.2) is 0 Å². The van der Waals surface area contributed by atoms with Crippen LogP contribution in [0.2, 0.25) is 0 Å². The highest BCUT2D eigenvalue weighted by Crippen LogP contribution is 2.29. The van der Waals surface area contributed by atoms with Crippen LogP contribution in [0.3, 0.4) is 0 Å². The van der Waals surface area contributed by atoms with Gasteiger partial charge in [-0.1, -0.05) is 12.1 Å². The fraction of sp³-hybridized carbons (Fsp3) is 0.250. The lowest BCUT2D eigenvalue weighted by atomic mass is 10.1. The van der Waals surface area contributed by atoms with E-state index in [0.717, 1.165) is 5.69 Å². The number of rotatable bonds is 2. The smallest absolute Gasteiger partial charge is 0.211 e. The van der Waals surface area contributed by atoms with E-state index in [2.05, 4.69) is 11.4 Å². The summed E-state index contributed by atoms with van der Waals surface area (Å²) in [6, 6.07) is 9.24. The van der Waals surface area contributed by atoms with Gasteiger partial charge in [-0.15, -0.1) is 0 Å². The van der Waals surface area contributed by atoms with Gasteiger partial charge < -0.3 is 20.1 Å². The van der Waals surface area contributed by atoms with Gasteiger partial charge in [-0.05, 0) is 18.2 Å². The largest absolute Gasteiger partial charge is 0.470 e. The van der Waals surface area contributed by atoms with E-state index < -0.39 is 0 Å². The minimum absolute atomic E-state index is 0.119. The molecule has 3 rings (SSSR count). The maximum Gasteiger partial charge on any atom is 0.211 e. The Kier molecular flexibility index (Phi) is 3.57. The number of ether oxygens (including phenoxy) is 1.